The summed E-state index contributed by atoms with van der Waals surface area (Å²) in [6, 6.07) is 4.59. The summed E-state index contributed by atoms with van der Waals surface area (Å²) in [6.07, 6.45) is 7.11. The molecule has 1 N–H and O–H groups in total. The van der Waals surface area contributed by atoms with Crippen molar-refractivity contribution in [1.82, 2.24) is 9.88 Å². The minimum absolute atomic E-state index is 0.485. The van der Waals surface area contributed by atoms with Crippen LogP contribution in [0.25, 0.3) is 10.9 Å². The van der Waals surface area contributed by atoms with Crippen LogP contribution in [0.4, 0.5) is 5.69 Å². The molecule has 26 heavy (non-hydrogen) atoms. The largest absolute Gasteiger partial charge is 0.493 e. The Hall–Kier alpha value is -2.01. The van der Waals surface area contributed by atoms with Gasteiger partial charge in [-0.2, -0.15) is 0 Å². The predicted molar refractivity (Wildman–Crippen MR) is 106 cm³/mol. The van der Waals surface area contributed by atoms with Gasteiger partial charge in [0.2, 0.25) is 0 Å². The molecular weight excluding hydrogens is 326 g/mol. The van der Waals surface area contributed by atoms with Gasteiger partial charge in [0.1, 0.15) is 0 Å². The second-order valence-corrected chi connectivity index (χ2v) is 7.59. The molecule has 1 aliphatic carbocycles. The summed E-state index contributed by atoms with van der Waals surface area (Å²) in [5, 5.41) is 5.04. The van der Waals surface area contributed by atoms with E-state index < -0.39 is 0 Å². The molecule has 2 aliphatic rings. The van der Waals surface area contributed by atoms with Gasteiger partial charge in [-0.3, -0.25) is 4.98 Å². The van der Waals surface area contributed by atoms with E-state index in [9.17, 15) is 0 Å². The summed E-state index contributed by atoms with van der Waals surface area (Å²) in [4.78, 5) is 7.40. The Labute approximate surface area is 155 Å². The first-order valence-electron chi connectivity index (χ1n) is 9.72. The number of likely N-dealkylation sites (N-methyl/N-ethyl adjacent to an activating group) is 1. The summed E-state index contributed by atoms with van der Waals surface area (Å²) in [5.74, 6) is 1.51. The molecule has 1 atom stereocenters. The van der Waals surface area contributed by atoms with Crippen LogP contribution in [0.1, 0.15) is 36.9 Å². The van der Waals surface area contributed by atoms with Gasteiger partial charge in [0.15, 0.2) is 11.5 Å². The number of aromatic nitrogens is 1. The number of hydrogen-bond donors (Lipinski definition) is 1. The van der Waals surface area contributed by atoms with E-state index in [4.69, 9.17) is 14.5 Å². The first kappa shape index (κ1) is 17.4. The maximum absolute atomic E-state index is 5.56. The van der Waals surface area contributed by atoms with Crippen molar-refractivity contribution in [3.05, 3.63) is 23.4 Å². The molecule has 2 aromatic rings. The molecule has 5 nitrogen and oxygen atoms in total. The molecule has 1 fully saturated rings. The van der Waals surface area contributed by atoms with Crippen LogP contribution in [-0.2, 0) is 12.8 Å². The summed E-state index contributed by atoms with van der Waals surface area (Å²) in [6.45, 7) is 2.28. The Morgan fingerprint density at radius 2 is 1.85 bits per heavy atom. The highest BCUT2D eigenvalue weighted by molar-refractivity contribution is 5.96. The number of anilines is 1. The van der Waals surface area contributed by atoms with Gasteiger partial charge in [-0.25, -0.2) is 0 Å². The van der Waals surface area contributed by atoms with E-state index in [0.717, 1.165) is 41.8 Å². The molecule has 1 saturated heterocycles. The standard InChI is InChI=1S/C21H29N3O2/c1-24-10-6-7-14(13-24)22-21-15-8-4-5-9-17(15)23-18-12-20(26-3)19(25-2)11-16(18)21/h11-12,14H,4-10,13H2,1-3H3,(H,22,23)/t14-/m1/s1. The van der Waals surface area contributed by atoms with Crippen LogP contribution >= 0.6 is 0 Å². The van der Waals surface area contributed by atoms with Gasteiger partial charge in [0.05, 0.1) is 19.7 Å². The average molecular weight is 355 g/mol. The van der Waals surface area contributed by atoms with Gasteiger partial charge in [0.25, 0.3) is 0 Å². The van der Waals surface area contributed by atoms with Crippen molar-refractivity contribution >= 4 is 16.6 Å². The van der Waals surface area contributed by atoms with Crippen molar-refractivity contribution in [2.45, 2.75) is 44.6 Å². The number of benzene rings is 1. The maximum atomic E-state index is 5.56. The van der Waals surface area contributed by atoms with Gasteiger partial charge in [-0.15, -0.1) is 0 Å². The van der Waals surface area contributed by atoms with E-state index >= 15 is 0 Å². The van der Waals surface area contributed by atoms with Crippen molar-refractivity contribution in [1.29, 1.82) is 0 Å². The lowest BCUT2D eigenvalue weighted by molar-refractivity contribution is 0.261. The number of likely N-dealkylation sites (tertiary alicyclic amines) is 1. The van der Waals surface area contributed by atoms with Crippen LogP contribution in [0.5, 0.6) is 11.5 Å². The van der Waals surface area contributed by atoms with Gasteiger partial charge in [-0.05, 0) is 63.7 Å². The SMILES string of the molecule is COc1cc2nc3c(c(N[C@@H]4CCCN(C)C4)c2cc1OC)CCCC3. The zero-order valence-electron chi connectivity index (χ0n) is 16.1. The molecule has 0 amide bonds. The van der Waals surface area contributed by atoms with Crippen molar-refractivity contribution in [3.8, 4) is 11.5 Å². The van der Waals surface area contributed by atoms with Crippen LogP contribution in [0.15, 0.2) is 12.1 Å². The fraction of sp³-hybridized carbons (Fsp3) is 0.571. The number of ether oxygens (including phenoxy) is 2. The molecule has 0 bridgehead atoms. The van der Waals surface area contributed by atoms with Gasteiger partial charge < -0.3 is 19.7 Å². The van der Waals surface area contributed by atoms with Gasteiger partial charge in [0, 0.05) is 35.4 Å². The fourth-order valence-corrected chi connectivity index (χ4v) is 4.40. The van der Waals surface area contributed by atoms with Crippen LogP contribution in [0.3, 0.4) is 0 Å². The highest BCUT2D eigenvalue weighted by Gasteiger charge is 2.23. The number of fused-ring (bicyclic) bond motifs is 2. The molecule has 1 aromatic carbocycles. The summed E-state index contributed by atoms with van der Waals surface area (Å²) in [5.41, 5.74) is 4.92. The van der Waals surface area contributed by atoms with Crippen LogP contribution < -0.4 is 14.8 Å². The zero-order valence-corrected chi connectivity index (χ0v) is 16.1. The van der Waals surface area contributed by atoms with E-state index in [0.29, 0.717) is 6.04 Å². The van der Waals surface area contributed by atoms with E-state index in [-0.39, 0.29) is 0 Å². The second-order valence-electron chi connectivity index (χ2n) is 7.59. The molecule has 0 radical (unpaired) electrons. The molecule has 5 heteroatoms. The minimum Gasteiger partial charge on any atom is -0.493 e. The second kappa shape index (κ2) is 7.31. The Morgan fingerprint density at radius 3 is 2.62 bits per heavy atom. The van der Waals surface area contributed by atoms with Crippen molar-refractivity contribution in [3.63, 3.8) is 0 Å². The van der Waals surface area contributed by atoms with E-state index in [1.165, 1.54) is 49.2 Å². The van der Waals surface area contributed by atoms with Gasteiger partial charge >= 0.3 is 0 Å². The van der Waals surface area contributed by atoms with Crippen molar-refractivity contribution in [2.24, 2.45) is 0 Å². The zero-order chi connectivity index (χ0) is 18.1. The third-order valence-corrected chi connectivity index (χ3v) is 5.74. The molecule has 0 unspecified atom stereocenters. The lowest BCUT2D eigenvalue weighted by atomic mass is 9.92. The third-order valence-electron chi connectivity index (χ3n) is 5.74. The van der Waals surface area contributed by atoms with E-state index in [1.807, 2.05) is 6.07 Å². The number of methoxy groups -OCH3 is 2. The summed E-state index contributed by atoms with van der Waals surface area (Å²) < 4.78 is 11.1. The van der Waals surface area contributed by atoms with E-state index in [1.54, 1.807) is 14.2 Å². The molecule has 0 spiro atoms. The van der Waals surface area contributed by atoms with E-state index in [2.05, 4.69) is 23.3 Å². The summed E-state index contributed by atoms with van der Waals surface area (Å²) >= 11 is 0. The van der Waals surface area contributed by atoms with Crippen molar-refractivity contribution in [2.75, 3.05) is 39.7 Å². The minimum atomic E-state index is 0.485. The fourth-order valence-electron chi connectivity index (χ4n) is 4.40. The lowest BCUT2D eigenvalue weighted by Crippen LogP contribution is -2.40. The van der Waals surface area contributed by atoms with Gasteiger partial charge in [-0.1, -0.05) is 0 Å². The molecule has 2 heterocycles. The topological polar surface area (TPSA) is 46.6 Å². The maximum Gasteiger partial charge on any atom is 0.162 e. The Bertz CT molecular complexity index is 800. The lowest BCUT2D eigenvalue weighted by Gasteiger charge is -2.32. The number of piperidine rings is 1. The number of nitrogens with one attached hydrogen (secondary N) is 1. The first-order valence-corrected chi connectivity index (χ1v) is 9.72. The number of nitrogens with zero attached hydrogens (tertiary/aromatic N) is 2. The Kier molecular flexibility index (Phi) is 4.90. The Balaban J connectivity index is 1.84. The summed E-state index contributed by atoms with van der Waals surface area (Å²) in [7, 11) is 5.58. The first-order chi connectivity index (χ1) is 12.7. The number of pyridine rings is 1. The highest BCUT2D eigenvalue weighted by Crippen LogP contribution is 2.39. The smallest absolute Gasteiger partial charge is 0.162 e. The quantitative estimate of drug-likeness (QED) is 0.907. The monoisotopic (exact) mass is 355 g/mol. The van der Waals surface area contributed by atoms with Crippen LogP contribution in [-0.4, -0.2) is 50.3 Å². The molecule has 140 valence electrons. The highest BCUT2D eigenvalue weighted by atomic mass is 16.5. The Morgan fingerprint density at radius 1 is 1.08 bits per heavy atom. The number of aryl methyl sites for hydroxylation is 1. The normalized spacial score (nSPS) is 20.7. The molecule has 4 rings (SSSR count). The molecule has 0 saturated carbocycles. The molecule has 1 aliphatic heterocycles. The molecular formula is C21H29N3O2. The van der Waals surface area contributed by atoms with Crippen LogP contribution in [0.2, 0.25) is 0 Å². The van der Waals surface area contributed by atoms with Crippen molar-refractivity contribution < 1.29 is 9.47 Å². The average Bonchev–Trinajstić information content (AvgIpc) is 2.67. The molecule has 1 aromatic heterocycles. The van der Waals surface area contributed by atoms with Crippen LogP contribution in [0, 0.1) is 0 Å². The third kappa shape index (κ3) is 3.20. The predicted octanol–water partition coefficient (Wildman–Crippen LogP) is 3.64. The number of hydrogen-bond acceptors (Lipinski definition) is 5. The number of rotatable bonds is 4.